The maximum Gasteiger partial charge on any atom is 0.0601 e. The van der Waals surface area contributed by atoms with Crippen molar-refractivity contribution in [3.63, 3.8) is 0 Å². The van der Waals surface area contributed by atoms with E-state index < -0.39 is 0 Å². The fourth-order valence-corrected chi connectivity index (χ4v) is 1.15. The van der Waals surface area contributed by atoms with Crippen LogP contribution in [0.25, 0.3) is 0 Å². The van der Waals surface area contributed by atoms with Crippen LogP contribution >= 0.6 is 0 Å². The molecule has 0 atom stereocenters. The van der Waals surface area contributed by atoms with Crippen molar-refractivity contribution in [3.8, 4) is 11.8 Å². The van der Waals surface area contributed by atoms with Gasteiger partial charge in [0.1, 0.15) is 0 Å². The number of hydrogen-bond acceptors (Lipinski definition) is 1. The van der Waals surface area contributed by atoms with Gasteiger partial charge in [-0.3, -0.25) is 4.90 Å². The third-order valence-electron chi connectivity index (χ3n) is 1.62. The summed E-state index contributed by atoms with van der Waals surface area (Å²) in [6.07, 6.45) is 0. The molecule has 0 N–H and O–H groups in total. The summed E-state index contributed by atoms with van der Waals surface area (Å²) in [5.41, 5.74) is 0. The zero-order valence-corrected chi connectivity index (χ0v) is 6.15. The molecular formula is C8H13N. The highest BCUT2D eigenvalue weighted by Crippen LogP contribution is 2.12. The quantitative estimate of drug-likeness (QED) is 0.469. The minimum absolute atomic E-state index is 0.906. The third-order valence-corrected chi connectivity index (χ3v) is 1.62. The van der Waals surface area contributed by atoms with E-state index in [4.69, 9.17) is 0 Å². The predicted octanol–water partition coefficient (Wildman–Crippen LogP) is 0.961. The van der Waals surface area contributed by atoms with Gasteiger partial charge in [0, 0.05) is 13.1 Å². The molecule has 1 aliphatic rings. The molecule has 1 fully saturated rings. The second kappa shape index (κ2) is 2.89. The van der Waals surface area contributed by atoms with Gasteiger partial charge in [0.05, 0.1) is 6.54 Å². The average molecular weight is 123 g/mol. The predicted molar refractivity (Wildman–Crippen MR) is 39.1 cm³/mol. The molecule has 50 valence electrons. The van der Waals surface area contributed by atoms with Gasteiger partial charge in [-0.1, -0.05) is 12.8 Å². The summed E-state index contributed by atoms with van der Waals surface area (Å²) >= 11 is 0. The van der Waals surface area contributed by atoms with Crippen molar-refractivity contribution in [2.24, 2.45) is 5.92 Å². The van der Waals surface area contributed by atoms with Crippen LogP contribution in [0.1, 0.15) is 13.8 Å². The lowest BCUT2D eigenvalue weighted by Gasteiger charge is -2.35. The molecule has 0 amide bonds. The normalized spacial score (nSPS) is 20.2. The Morgan fingerprint density at radius 3 is 2.67 bits per heavy atom. The van der Waals surface area contributed by atoms with Gasteiger partial charge < -0.3 is 0 Å². The van der Waals surface area contributed by atoms with Crippen molar-refractivity contribution in [1.29, 1.82) is 0 Å². The van der Waals surface area contributed by atoms with E-state index in [1.807, 2.05) is 6.92 Å². The van der Waals surface area contributed by atoms with E-state index in [0.29, 0.717) is 0 Å². The Morgan fingerprint density at radius 2 is 2.22 bits per heavy atom. The van der Waals surface area contributed by atoms with E-state index in [-0.39, 0.29) is 0 Å². The highest BCUT2D eigenvalue weighted by molar-refractivity contribution is 4.99. The Labute approximate surface area is 57.0 Å². The van der Waals surface area contributed by atoms with E-state index in [2.05, 4.69) is 23.7 Å². The first-order valence-electron chi connectivity index (χ1n) is 3.45. The minimum Gasteiger partial charge on any atom is -0.292 e. The lowest BCUT2D eigenvalue weighted by Crippen LogP contribution is -2.44. The average Bonchev–Trinajstić information content (AvgIpc) is 1.78. The number of rotatable bonds is 1. The van der Waals surface area contributed by atoms with Crippen molar-refractivity contribution < 1.29 is 0 Å². The van der Waals surface area contributed by atoms with Crippen LogP contribution < -0.4 is 0 Å². The summed E-state index contributed by atoms with van der Waals surface area (Å²) in [5.74, 6) is 6.84. The van der Waals surface area contributed by atoms with Gasteiger partial charge in [0.15, 0.2) is 0 Å². The molecule has 9 heavy (non-hydrogen) atoms. The van der Waals surface area contributed by atoms with Crippen molar-refractivity contribution in [2.75, 3.05) is 19.6 Å². The van der Waals surface area contributed by atoms with E-state index >= 15 is 0 Å². The van der Waals surface area contributed by atoms with Gasteiger partial charge in [-0.15, -0.1) is 5.92 Å². The topological polar surface area (TPSA) is 3.24 Å². The Balaban J connectivity index is 2.08. The summed E-state index contributed by atoms with van der Waals surface area (Å²) in [4.78, 5) is 2.36. The highest BCUT2D eigenvalue weighted by Gasteiger charge is 2.20. The maximum absolute atomic E-state index is 3.05. The molecule has 0 saturated carbocycles. The lowest BCUT2D eigenvalue weighted by atomic mass is 10.0. The van der Waals surface area contributed by atoms with E-state index in [0.717, 1.165) is 12.5 Å². The number of likely N-dealkylation sites (tertiary alicyclic amines) is 1. The Bertz CT molecular complexity index is 134. The molecule has 1 saturated heterocycles. The SMILES string of the molecule is CC#CCN1CC(C)C1. The molecule has 0 bridgehead atoms. The third kappa shape index (κ3) is 1.73. The molecule has 1 nitrogen and oxygen atoms in total. The van der Waals surface area contributed by atoms with E-state index in [9.17, 15) is 0 Å². The molecule has 0 radical (unpaired) electrons. The zero-order chi connectivity index (χ0) is 6.69. The van der Waals surface area contributed by atoms with Gasteiger partial charge in [-0.25, -0.2) is 0 Å². The standard InChI is InChI=1S/C8H13N/c1-3-4-5-9-6-8(2)7-9/h8H,5-7H2,1-2H3. The van der Waals surface area contributed by atoms with Crippen LogP contribution in [0.3, 0.4) is 0 Å². The second-order valence-electron chi connectivity index (χ2n) is 2.73. The lowest BCUT2D eigenvalue weighted by molar-refractivity contribution is 0.132. The smallest absolute Gasteiger partial charge is 0.0601 e. The van der Waals surface area contributed by atoms with Crippen molar-refractivity contribution >= 4 is 0 Å². The van der Waals surface area contributed by atoms with Crippen LogP contribution in [-0.4, -0.2) is 24.5 Å². The Hall–Kier alpha value is -0.480. The molecule has 1 rings (SSSR count). The van der Waals surface area contributed by atoms with Gasteiger partial charge in [0.2, 0.25) is 0 Å². The van der Waals surface area contributed by atoms with Crippen molar-refractivity contribution in [3.05, 3.63) is 0 Å². The maximum atomic E-state index is 3.05. The first kappa shape index (κ1) is 6.64. The summed E-state index contributed by atoms with van der Waals surface area (Å²) in [5, 5.41) is 0. The molecule has 0 aromatic rings. The molecular weight excluding hydrogens is 110 g/mol. The van der Waals surface area contributed by atoms with Crippen molar-refractivity contribution in [2.45, 2.75) is 13.8 Å². The van der Waals surface area contributed by atoms with Crippen LogP contribution in [0.15, 0.2) is 0 Å². The van der Waals surface area contributed by atoms with Crippen molar-refractivity contribution in [1.82, 2.24) is 4.90 Å². The summed E-state index contributed by atoms with van der Waals surface area (Å²) in [6, 6.07) is 0. The first-order valence-corrected chi connectivity index (χ1v) is 3.45. The zero-order valence-electron chi connectivity index (χ0n) is 6.15. The molecule has 1 aliphatic heterocycles. The Kier molecular flexibility index (Phi) is 2.13. The highest BCUT2D eigenvalue weighted by atomic mass is 15.2. The van der Waals surface area contributed by atoms with Crippen LogP contribution in [0, 0.1) is 17.8 Å². The summed E-state index contributed by atoms with van der Waals surface area (Å²) in [6.45, 7) is 7.63. The van der Waals surface area contributed by atoms with Crippen LogP contribution in [0.5, 0.6) is 0 Å². The molecule has 0 unspecified atom stereocenters. The van der Waals surface area contributed by atoms with Crippen LogP contribution in [0.4, 0.5) is 0 Å². The fourth-order valence-electron chi connectivity index (χ4n) is 1.15. The molecule has 1 heteroatoms. The molecule has 0 aliphatic carbocycles. The summed E-state index contributed by atoms with van der Waals surface area (Å²) < 4.78 is 0. The van der Waals surface area contributed by atoms with E-state index in [1.54, 1.807) is 0 Å². The van der Waals surface area contributed by atoms with Gasteiger partial charge in [-0.05, 0) is 12.8 Å². The van der Waals surface area contributed by atoms with E-state index in [1.165, 1.54) is 13.1 Å². The van der Waals surface area contributed by atoms with Crippen LogP contribution in [-0.2, 0) is 0 Å². The van der Waals surface area contributed by atoms with Gasteiger partial charge in [-0.2, -0.15) is 0 Å². The van der Waals surface area contributed by atoms with Crippen LogP contribution in [0.2, 0.25) is 0 Å². The largest absolute Gasteiger partial charge is 0.292 e. The first-order chi connectivity index (χ1) is 4.33. The second-order valence-corrected chi connectivity index (χ2v) is 2.73. The Morgan fingerprint density at radius 1 is 1.56 bits per heavy atom. The molecule has 0 spiro atoms. The minimum atomic E-state index is 0.906. The molecule has 0 aromatic carbocycles. The number of hydrogen-bond donors (Lipinski definition) is 0. The van der Waals surface area contributed by atoms with Gasteiger partial charge in [0.25, 0.3) is 0 Å². The fraction of sp³-hybridized carbons (Fsp3) is 0.750. The monoisotopic (exact) mass is 123 g/mol. The molecule has 0 aromatic heterocycles. The van der Waals surface area contributed by atoms with Gasteiger partial charge >= 0.3 is 0 Å². The molecule has 1 heterocycles. The summed E-state index contributed by atoms with van der Waals surface area (Å²) in [7, 11) is 0. The number of nitrogens with zero attached hydrogens (tertiary/aromatic N) is 1.